The summed E-state index contributed by atoms with van der Waals surface area (Å²) in [6.45, 7) is 1.55. The van der Waals surface area contributed by atoms with Gasteiger partial charge >= 0.3 is 0 Å². The minimum atomic E-state index is -0.445. The summed E-state index contributed by atoms with van der Waals surface area (Å²) < 4.78 is 0. The zero-order valence-electron chi connectivity index (χ0n) is 12.7. The molecule has 0 unspecified atom stereocenters. The number of amides is 1. The minimum absolute atomic E-state index is 0.0142. The highest BCUT2D eigenvalue weighted by molar-refractivity contribution is 5.98. The van der Waals surface area contributed by atoms with Crippen LogP contribution in [0.2, 0.25) is 0 Å². The molecule has 0 radical (unpaired) electrons. The molecule has 7 nitrogen and oxygen atoms in total. The number of aliphatic hydroxyl groups excluding tert-OH is 1. The molecule has 0 atom stereocenters. The highest BCUT2D eigenvalue weighted by atomic mass is 16.6. The number of hydrogen-bond acceptors (Lipinski definition) is 4. The van der Waals surface area contributed by atoms with E-state index in [2.05, 4.69) is 4.98 Å². The van der Waals surface area contributed by atoms with E-state index in [9.17, 15) is 14.9 Å². The van der Waals surface area contributed by atoms with E-state index in [1.807, 2.05) is 0 Å². The van der Waals surface area contributed by atoms with Crippen molar-refractivity contribution in [2.24, 2.45) is 5.92 Å². The van der Waals surface area contributed by atoms with Gasteiger partial charge in [-0.15, -0.1) is 0 Å². The molecular formula is C16H19N3O4. The number of fused-ring (bicyclic) bond motifs is 1. The second-order valence-electron chi connectivity index (χ2n) is 5.96. The molecule has 1 saturated heterocycles. The molecule has 2 N–H and O–H groups in total. The maximum atomic E-state index is 12.6. The third kappa shape index (κ3) is 3.19. The van der Waals surface area contributed by atoms with Gasteiger partial charge in [-0.25, -0.2) is 0 Å². The molecular weight excluding hydrogens is 298 g/mol. The van der Waals surface area contributed by atoms with Gasteiger partial charge in [-0.1, -0.05) is 0 Å². The van der Waals surface area contributed by atoms with E-state index in [-0.39, 0.29) is 18.2 Å². The van der Waals surface area contributed by atoms with Gasteiger partial charge in [-0.05, 0) is 37.3 Å². The van der Waals surface area contributed by atoms with Crippen LogP contribution in [0.1, 0.15) is 29.8 Å². The first-order valence-corrected chi connectivity index (χ1v) is 7.76. The van der Waals surface area contributed by atoms with Crippen LogP contribution < -0.4 is 0 Å². The second-order valence-corrected chi connectivity index (χ2v) is 5.96. The molecule has 1 amide bonds. The van der Waals surface area contributed by atoms with Crippen molar-refractivity contribution < 1.29 is 14.8 Å². The van der Waals surface area contributed by atoms with E-state index in [1.165, 1.54) is 12.1 Å². The number of likely N-dealkylation sites (tertiary alicyclic amines) is 1. The number of carbonyl (C=O) groups is 1. The Morgan fingerprint density at radius 3 is 2.74 bits per heavy atom. The molecule has 1 aliphatic rings. The van der Waals surface area contributed by atoms with Gasteiger partial charge in [0.25, 0.3) is 11.6 Å². The topological polar surface area (TPSA) is 99.5 Å². The fourth-order valence-corrected chi connectivity index (χ4v) is 3.13. The molecule has 1 aromatic carbocycles. The summed E-state index contributed by atoms with van der Waals surface area (Å²) in [6, 6.07) is 6.19. The summed E-state index contributed by atoms with van der Waals surface area (Å²) >= 11 is 0. The largest absolute Gasteiger partial charge is 0.396 e. The molecule has 3 rings (SSSR count). The number of nitrogens with one attached hydrogen (secondary N) is 1. The Kier molecular flexibility index (Phi) is 4.29. The molecule has 1 fully saturated rings. The highest BCUT2D eigenvalue weighted by Crippen LogP contribution is 2.24. The van der Waals surface area contributed by atoms with Crippen LogP contribution in [0.3, 0.4) is 0 Å². The van der Waals surface area contributed by atoms with Gasteiger partial charge in [0.1, 0.15) is 5.69 Å². The minimum Gasteiger partial charge on any atom is -0.396 e. The average Bonchev–Trinajstić information content (AvgIpc) is 2.98. The Morgan fingerprint density at radius 2 is 2.09 bits per heavy atom. The third-order valence-corrected chi connectivity index (χ3v) is 4.48. The number of aliphatic hydroxyl groups is 1. The maximum absolute atomic E-state index is 12.6. The monoisotopic (exact) mass is 317 g/mol. The zero-order valence-corrected chi connectivity index (χ0v) is 12.7. The molecule has 1 aromatic heterocycles. The lowest BCUT2D eigenvalue weighted by Gasteiger charge is -2.31. The number of hydrogen-bond donors (Lipinski definition) is 2. The fraction of sp³-hybridized carbons (Fsp3) is 0.438. The van der Waals surface area contributed by atoms with Crippen LogP contribution in [0.15, 0.2) is 24.3 Å². The average molecular weight is 317 g/mol. The van der Waals surface area contributed by atoms with Crippen molar-refractivity contribution in [2.45, 2.75) is 19.3 Å². The van der Waals surface area contributed by atoms with Crippen LogP contribution >= 0.6 is 0 Å². The van der Waals surface area contributed by atoms with Crippen LogP contribution in [0.4, 0.5) is 5.69 Å². The highest BCUT2D eigenvalue weighted by Gasteiger charge is 2.24. The number of nitro benzene ring substituents is 1. The van der Waals surface area contributed by atoms with Crippen LogP contribution in [-0.4, -0.2) is 45.5 Å². The zero-order chi connectivity index (χ0) is 16.4. The lowest BCUT2D eigenvalue weighted by molar-refractivity contribution is -0.384. The lowest BCUT2D eigenvalue weighted by atomic mass is 9.94. The first-order valence-electron chi connectivity index (χ1n) is 7.76. The predicted molar refractivity (Wildman–Crippen MR) is 85.3 cm³/mol. The second kappa shape index (κ2) is 6.37. The maximum Gasteiger partial charge on any atom is 0.270 e. The molecule has 0 spiro atoms. The molecule has 122 valence electrons. The number of aromatic amines is 1. The number of aromatic nitrogens is 1. The van der Waals surface area contributed by atoms with Gasteiger partial charge in [0.2, 0.25) is 0 Å². The summed E-state index contributed by atoms with van der Waals surface area (Å²) in [5, 5.41) is 20.5. The van der Waals surface area contributed by atoms with E-state index in [0.29, 0.717) is 35.6 Å². The first kappa shape index (κ1) is 15.5. The van der Waals surface area contributed by atoms with E-state index in [1.54, 1.807) is 17.0 Å². The number of rotatable bonds is 4. The van der Waals surface area contributed by atoms with Gasteiger partial charge in [0, 0.05) is 42.7 Å². The molecule has 23 heavy (non-hydrogen) atoms. The molecule has 0 bridgehead atoms. The number of carbonyl (C=O) groups excluding carboxylic acids is 1. The molecule has 2 heterocycles. The Hall–Kier alpha value is -2.41. The van der Waals surface area contributed by atoms with Gasteiger partial charge < -0.3 is 15.0 Å². The number of nitro groups is 1. The number of nitrogens with zero attached hydrogens (tertiary/aromatic N) is 2. The smallest absolute Gasteiger partial charge is 0.270 e. The van der Waals surface area contributed by atoms with Crippen molar-refractivity contribution >= 4 is 22.5 Å². The quantitative estimate of drug-likeness (QED) is 0.667. The van der Waals surface area contributed by atoms with Gasteiger partial charge in [-0.3, -0.25) is 14.9 Å². The number of non-ortho nitro benzene ring substituents is 1. The predicted octanol–water partition coefficient (Wildman–Crippen LogP) is 2.31. The number of piperidine rings is 1. The summed E-state index contributed by atoms with van der Waals surface area (Å²) in [5.74, 6) is 0.403. The van der Waals surface area contributed by atoms with Crippen molar-refractivity contribution in [2.75, 3.05) is 19.7 Å². The van der Waals surface area contributed by atoms with E-state index >= 15 is 0 Å². The van der Waals surface area contributed by atoms with Crippen molar-refractivity contribution in [1.82, 2.24) is 9.88 Å². The van der Waals surface area contributed by atoms with Crippen LogP contribution in [-0.2, 0) is 0 Å². The molecule has 1 aliphatic heterocycles. The van der Waals surface area contributed by atoms with Crippen LogP contribution in [0.25, 0.3) is 10.9 Å². The van der Waals surface area contributed by atoms with E-state index < -0.39 is 4.92 Å². The first-order chi connectivity index (χ1) is 11.1. The Balaban J connectivity index is 1.75. The van der Waals surface area contributed by atoms with E-state index in [0.717, 1.165) is 19.3 Å². The Bertz CT molecular complexity index is 732. The van der Waals surface area contributed by atoms with Gasteiger partial charge in [0.15, 0.2) is 0 Å². The summed E-state index contributed by atoms with van der Waals surface area (Å²) in [6.07, 6.45) is 2.59. The van der Waals surface area contributed by atoms with E-state index in [4.69, 9.17) is 5.11 Å². The third-order valence-electron chi connectivity index (χ3n) is 4.48. The summed E-state index contributed by atoms with van der Waals surface area (Å²) in [7, 11) is 0. The molecule has 0 saturated carbocycles. The molecule has 0 aliphatic carbocycles. The van der Waals surface area contributed by atoms with Gasteiger partial charge in [-0.2, -0.15) is 0 Å². The van der Waals surface area contributed by atoms with Crippen LogP contribution in [0, 0.1) is 16.0 Å². The lowest BCUT2D eigenvalue weighted by Crippen LogP contribution is -2.38. The van der Waals surface area contributed by atoms with Gasteiger partial charge in [0.05, 0.1) is 4.92 Å². The normalized spacial score (nSPS) is 16.0. The SMILES string of the molecule is O=C(c1cc2cc([N+](=O)[O-])ccc2[nH]1)N1CCC(CCO)CC1. The number of benzene rings is 1. The summed E-state index contributed by atoms with van der Waals surface area (Å²) in [4.78, 5) is 27.8. The molecule has 2 aromatic rings. The van der Waals surface area contributed by atoms with Crippen molar-refractivity contribution in [3.05, 3.63) is 40.1 Å². The fourth-order valence-electron chi connectivity index (χ4n) is 3.13. The van der Waals surface area contributed by atoms with Crippen molar-refractivity contribution in [3.8, 4) is 0 Å². The van der Waals surface area contributed by atoms with Crippen LogP contribution in [0.5, 0.6) is 0 Å². The van der Waals surface area contributed by atoms with Crippen molar-refractivity contribution in [1.29, 1.82) is 0 Å². The number of H-pyrrole nitrogens is 1. The Morgan fingerprint density at radius 1 is 1.35 bits per heavy atom. The molecule has 7 heteroatoms. The standard InChI is InChI=1S/C16H19N3O4/c20-8-5-11-3-6-18(7-4-11)16(21)15-10-12-9-13(19(22)23)1-2-14(12)17-15/h1-2,9-11,17,20H,3-8H2. The summed E-state index contributed by atoms with van der Waals surface area (Å²) in [5.41, 5.74) is 1.19. The Labute approximate surface area is 133 Å². The van der Waals surface area contributed by atoms with Crippen molar-refractivity contribution in [3.63, 3.8) is 0 Å².